The van der Waals surface area contributed by atoms with Crippen molar-refractivity contribution in [3.05, 3.63) is 59.9 Å². The van der Waals surface area contributed by atoms with Gasteiger partial charge in [0.05, 0.1) is 4.90 Å². The second-order valence-corrected chi connectivity index (χ2v) is 9.65. The Balaban J connectivity index is 1.49. The molecule has 29 heavy (non-hydrogen) atoms. The van der Waals surface area contributed by atoms with E-state index in [1.165, 1.54) is 28.2 Å². The van der Waals surface area contributed by atoms with Gasteiger partial charge in [-0.2, -0.15) is 4.31 Å². The minimum atomic E-state index is -3.53. The van der Waals surface area contributed by atoms with Gasteiger partial charge < -0.3 is 4.42 Å². The first kappa shape index (κ1) is 20.1. The van der Waals surface area contributed by atoms with Crippen molar-refractivity contribution in [2.45, 2.75) is 35.1 Å². The topological polar surface area (TPSA) is 76.3 Å². The van der Waals surface area contributed by atoms with Crippen LogP contribution in [0.4, 0.5) is 4.39 Å². The minimum absolute atomic E-state index is 0.232. The molecule has 4 rings (SSSR count). The number of benzene rings is 2. The maximum atomic E-state index is 13.0. The first-order valence-electron chi connectivity index (χ1n) is 9.34. The fourth-order valence-electron chi connectivity index (χ4n) is 3.15. The Labute approximate surface area is 173 Å². The summed E-state index contributed by atoms with van der Waals surface area (Å²) >= 11 is 1.34. The lowest BCUT2D eigenvalue weighted by atomic mass is 10.2. The quantitative estimate of drug-likeness (QED) is 0.538. The molecule has 0 aliphatic carbocycles. The summed E-state index contributed by atoms with van der Waals surface area (Å²) < 4.78 is 46.0. The molecule has 1 aromatic heterocycles. The molecule has 0 saturated carbocycles. The van der Waals surface area contributed by atoms with Crippen molar-refractivity contribution in [2.24, 2.45) is 0 Å². The van der Waals surface area contributed by atoms with Gasteiger partial charge in [0, 0.05) is 24.4 Å². The predicted octanol–water partition coefficient (Wildman–Crippen LogP) is 4.34. The highest BCUT2D eigenvalue weighted by molar-refractivity contribution is 7.98. The largest absolute Gasteiger partial charge is 0.411 e. The lowest BCUT2D eigenvalue weighted by molar-refractivity contribution is 0.346. The summed E-state index contributed by atoms with van der Waals surface area (Å²) in [5, 5.41) is 8.43. The summed E-state index contributed by atoms with van der Waals surface area (Å²) in [5.41, 5.74) is 1.50. The Morgan fingerprint density at radius 3 is 2.55 bits per heavy atom. The van der Waals surface area contributed by atoms with E-state index in [0.29, 0.717) is 29.6 Å². The standard InChI is InChI=1S/C20H20FN3O3S2/c21-17-9-7-15(8-10-17)14-28-20-23-22-19(27-20)16-5-4-6-18(13-16)29(25,26)24-11-2-1-3-12-24/h4-10,13H,1-3,11-12,14H2. The zero-order valence-corrected chi connectivity index (χ0v) is 17.3. The number of rotatable bonds is 6. The van der Waals surface area contributed by atoms with Crippen molar-refractivity contribution in [3.63, 3.8) is 0 Å². The SMILES string of the molecule is O=S(=O)(c1cccc(-c2nnc(SCc3ccc(F)cc3)o2)c1)N1CCCCC1. The molecular formula is C20H20FN3O3S2. The third-order valence-electron chi connectivity index (χ3n) is 4.72. The van der Waals surface area contributed by atoms with Gasteiger partial charge in [0.1, 0.15) is 5.82 Å². The van der Waals surface area contributed by atoms with Crippen LogP contribution in [0.25, 0.3) is 11.5 Å². The molecule has 1 aliphatic heterocycles. The highest BCUT2D eigenvalue weighted by atomic mass is 32.2. The maximum Gasteiger partial charge on any atom is 0.277 e. The highest BCUT2D eigenvalue weighted by Crippen LogP contribution is 2.28. The van der Waals surface area contributed by atoms with Crippen LogP contribution < -0.4 is 0 Å². The number of thioether (sulfide) groups is 1. The molecule has 0 N–H and O–H groups in total. The number of hydrogen-bond acceptors (Lipinski definition) is 6. The van der Waals surface area contributed by atoms with E-state index in [1.54, 1.807) is 36.4 Å². The summed E-state index contributed by atoms with van der Waals surface area (Å²) in [5.74, 6) is 0.547. The number of aromatic nitrogens is 2. The van der Waals surface area contributed by atoms with Gasteiger partial charge >= 0.3 is 0 Å². The Morgan fingerprint density at radius 1 is 1.03 bits per heavy atom. The van der Waals surface area contributed by atoms with Gasteiger partial charge in [-0.15, -0.1) is 10.2 Å². The smallest absolute Gasteiger partial charge is 0.277 e. The lowest BCUT2D eigenvalue weighted by Gasteiger charge is -2.25. The average Bonchev–Trinajstić information content (AvgIpc) is 3.23. The maximum absolute atomic E-state index is 13.0. The van der Waals surface area contributed by atoms with Crippen LogP contribution in [0, 0.1) is 5.82 Å². The monoisotopic (exact) mass is 433 g/mol. The molecule has 1 fully saturated rings. The van der Waals surface area contributed by atoms with Gasteiger partial charge in [-0.25, -0.2) is 12.8 Å². The van der Waals surface area contributed by atoms with Crippen molar-refractivity contribution in [1.29, 1.82) is 0 Å². The molecule has 1 aliphatic rings. The molecule has 6 nitrogen and oxygen atoms in total. The zero-order chi connectivity index (χ0) is 20.3. The molecule has 3 aromatic rings. The minimum Gasteiger partial charge on any atom is -0.411 e. The van der Waals surface area contributed by atoms with E-state index < -0.39 is 10.0 Å². The molecule has 2 aromatic carbocycles. The third kappa shape index (κ3) is 4.68. The molecule has 1 saturated heterocycles. The van der Waals surface area contributed by atoms with Crippen molar-refractivity contribution in [2.75, 3.05) is 13.1 Å². The fourth-order valence-corrected chi connectivity index (χ4v) is 5.44. The lowest BCUT2D eigenvalue weighted by Crippen LogP contribution is -2.35. The summed E-state index contributed by atoms with van der Waals surface area (Å²) in [6.45, 7) is 1.11. The molecule has 2 heterocycles. The number of piperidine rings is 1. The van der Waals surface area contributed by atoms with Crippen LogP contribution >= 0.6 is 11.8 Å². The summed E-state index contributed by atoms with van der Waals surface area (Å²) in [6.07, 6.45) is 2.83. The van der Waals surface area contributed by atoms with Gasteiger partial charge in [0.15, 0.2) is 0 Å². The van der Waals surface area contributed by atoms with E-state index in [2.05, 4.69) is 10.2 Å². The average molecular weight is 434 g/mol. The number of sulfonamides is 1. The van der Waals surface area contributed by atoms with E-state index >= 15 is 0 Å². The predicted molar refractivity (Wildman–Crippen MR) is 108 cm³/mol. The molecule has 0 atom stereocenters. The summed E-state index contributed by atoms with van der Waals surface area (Å²) in [7, 11) is -3.53. The normalized spacial score (nSPS) is 15.5. The molecule has 0 radical (unpaired) electrons. The van der Waals surface area contributed by atoms with Crippen LogP contribution in [0.1, 0.15) is 24.8 Å². The number of hydrogen-bond donors (Lipinski definition) is 0. The third-order valence-corrected chi connectivity index (χ3v) is 7.50. The Hall–Kier alpha value is -2.23. The van der Waals surface area contributed by atoms with Crippen molar-refractivity contribution < 1.29 is 17.2 Å². The number of nitrogens with zero attached hydrogens (tertiary/aromatic N) is 3. The Morgan fingerprint density at radius 2 is 1.79 bits per heavy atom. The second kappa shape index (κ2) is 8.64. The van der Waals surface area contributed by atoms with Gasteiger partial charge in [-0.3, -0.25) is 0 Å². The Kier molecular flexibility index (Phi) is 5.98. The molecule has 0 bridgehead atoms. The van der Waals surface area contributed by atoms with Crippen LogP contribution in [0.3, 0.4) is 0 Å². The van der Waals surface area contributed by atoms with Gasteiger partial charge in [-0.05, 0) is 48.7 Å². The van der Waals surface area contributed by atoms with Crippen LogP contribution in [0.2, 0.25) is 0 Å². The second-order valence-electron chi connectivity index (χ2n) is 6.78. The van der Waals surface area contributed by atoms with Gasteiger partial charge in [-0.1, -0.05) is 36.4 Å². The van der Waals surface area contributed by atoms with Crippen molar-refractivity contribution in [1.82, 2.24) is 14.5 Å². The van der Waals surface area contributed by atoms with Crippen LogP contribution in [-0.2, 0) is 15.8 Å². The zero-order valence-electron chi connectivity index (χ0n) is 15.6. The van der Waals surface area contributed by atoms with E-state index in [1.807, 2.05) is 0 Å². The molecule has 0 unspecified atom stereocenters. The van der Waals surface area contributed by atoms with E-state index in [-0.39, 0.29) is 16.6 Å². The van der Waals surface area contributed by atoms with E-state index in [4.69, 9.17) is 4.42 Å². The van der Waals surface area contributed by atoms with Crippen LogP contribution in [0.5, 0.6) is 0 Å². The van der Waals surface area contributed by atoms with E-state index in [0.717, 1.165) is 24.8 Å². The van der Waals surface area contributed by atoms with E-state index in [9.17, 15) is 12.8 Å². The molecule has 9 heteroatoms. The van der Waals surface area contributed by atoms with Crippen molar-refractivity contribution in [3.8, 4) is 11.5 Å². The van der Waals surface area contributed by atoms with Crippen molar-refractivity contribution >= 4 is 21.8 Å². The Bertz CT molecular complexity index is 1080. The van der Waals surface area contributed by atoms with Crippen LogP contribution in [0.15, 0.2) is 63.1 Å². The first-order valence-corrected chi connectivity index (χ1v) is 11.8. The molecule has 0 amide bonds. The van der Waals surface area contributed by atoms with Gasteiger partial charge in [0.25, 0.3) is 5.22 Å². The summed E-state index contributed by atoms with van der Waals surface area (Å²) in [4.78, 5) is 0.232. The summed E-state index contributed by atoms with van der Waals surface area (Å²) in [6, 6.07) is 12.8. The highest BCUT2D eigenvalue weighted by Gasteiger charge is 2.26. The van der Waals surface area contributed by atoms with Gasteiger partial charge in [0.2, 0.25) is 15.9 Å². The molecule has 152 valence electrons. The molecular weight excluding hydrogens is 413 g/mol. The first-order chi connectivity index (χ1) is 14.0. The molecule has 0 spiro atoms. The fraction of sp³-hybridized carbons (Fsp3) is 0.300. The van der Waals surface area contributed by atoms with Crippen LogP contribution in [-0.4, -0.2) is 36.0 Å². The number of halogens is 1.